The first-order valence-corrected chi connectivity index (χ1v) is 8.83. The summed E-state index contributed by atoms with van der Waals surface area (Å²) in [5.41, 5.74) is 1.36. The van der Waals surface area contributed by atoms with Crippen molar-refractivity contribution in [2.24, 2.45) is 0 Å². The molecule has 2 aromatic heterocycles. The van der Waals surface area contributed by atoms with Crippen LogP contribution in [0, 0.1) is 0 Å². The lowest BCUT2D eigenvalue weighted by atomic mass is 10.2. The number of carbonyl (C=O) groups excluding carboxylic acids is 1. The Morgan fingerprint density at radius 2 is 2.24 bits per heavy atom. The molecular formula is C12H11N5OS3. The highest BCUT2D eigenvalue weighted by Gasteiger charge is 2.11. The molecular weight excluding hydrogens is 326 g/mol. The van der Waals surface area contributed by atoms with Crippen LogP contribution >= 0.6 is 34.6 Å². The van der Waals surface area contributed by atoms with E-state index in [1.807, 2.05) is 0 Å². The number of aromatic nitrogens is 4. The van der Waals surface area contributed by atoms with E-state index in [2.05, 4.69) is 32.0 Å². The maximum Gasteiger partial charge on any atom is 0.257 e. The summed E-state index contributed by atoms with van der Waals surface area (Å²) in [7, 11) is 0. The first-order chi connectivity index (χ1) is 10.3. The molecule has 3 rings (SSSR count). The number of fused-ring (bicyclic) bond motifs is 1. The average Bonchev–Trinajstić information content (AvgIpc) is 3.12. The van der Waals surface area contributed by atoms with Gasteiger partial charge >= 0.3 is 0 Å². The van der Waals surface area contributed by atoms with Crippen molar-refractivity contribution >= 4 is 55.9 Å². The van der Waals surface area contributed by atoms with Crippen molar-refractivity contribution in [1.29, 1.82) is 0 Å². The monoisotopic (exact) mass is 337 g/mol. The molecule has 0 saturated carbocycles. The van der Waals surface area contributed by atoms with Crippen LogP contribution in [-0.4, -0.2) is 31.4 Å². The molecule has 0 saturated heterocycles. The number of anilines is 1. The third-order valence-electron chi connectivity index (χ3n) is 2.57. The minimum atomic E-state index is -0.200. The van der Waals surface area contributed by atoms with Crippen molar-refractivity contribution in [3.8, 4) is 0 Å². The quantitative estimate of drug-likeness (QED) is 0.568. The van der Waals surface area contributed by atoms with E-state index in [0.717, 1.165) is 26.7 Å². The van der Waals surface area contributed by atoms with Crippen LogP contribution in [0.1, 0.15) is 23.7 Å². The summed E-state index contributed by atoms with van der Waals surface area (Å²) in [4.78, 5) is 12.2. The van der Waals surface area contributed by atoms with Gasteiger partial charge in [-0.25, -0.2) is 0 Å². The molecule has 1 amide bonds. The molecule has 0 spiro atoms. The maximum atomic E-state index is 12.2. The first-order valence-electron chi connectivity index (χ1n) is 6.26. The Hall–Kier alpha value is -1.58. The van der Waals surface area contributed by atoms with E-state index in [4.69, 9.17) is 0 Å². The third kappa shape index (κ3) is 3.36. The van der Waals surface area contributed by atoms with Gasteiger partial charge in [0.05, 0.1) is 4.70 Å². The van der Waals surface area contributed by atoms with Gasteiger partial charge in [-0.1, -0.05) is 34.5 Å². The van der Waals surface area contributed by atoms with Gasteiger partial charge in [-0.2, -0.15) is 0 Å². The van der Waals surface area contributed by atoms with E-state index < -0.39 is 0 Å². The fraction of sp³-hybridized carbons (Fsp3) is 0.250. The van der Waals surface area contributed by atoms with Gasteiger partial charge in [-0.3, -0.25) is 10.1 Å². The van der Waals surface area contributed by atoms with E-state index in [1.54, 1.807) is 30.0 Å². The second kappa shape index (κ2) is 6.46. The van der Waals surface area contributed by atoms with Crippen molar-refractivity contribution in [3.05, 3.63) is 23.8 Å². The average molecular weight is 337 g/mol. The predicted molar refractivity (Wildman–Crippen MR) is 86.3 cm³/mol. The Labute approximate surface area is 133 Å². The highest BCUT2D eigenvalue weighted by atomic mass is 32.2. The van der Waals surface area contributed by atoms with Crippen molar-refractivity contribution in [1.82, 2.24) is 19.8 Å². The zero-order valence-corrected chi connectivity index (χ0v) is 13.5. The van der Waals surface area contributed by atoms with E-state index in [0.29, 0.717) is 10.7 Å². The largest absolute Gasteiger partial charge is 0.296 e. The number of thioether (sulfide) groups is 1. The normalized spacial score (nSPS) is 10.9. The van der Waals surface area contributed by atoms with Gasteiger partial charge in [-0.15, -0.1) is 15.3 Å². The Balaban J connectivity index is 1.71. The zero-order chi connectivity index (χ0) is 14.7. The Bertz CT molecular complexity index is 769. The maximum absolute atomic E-state index is 12.2. The lowest BCUT2D eigenvalue weighted by Crippen LogP contribution is -2.11. The molecule has 6 nitrogen and oxygen atoms in total. The molecule has 2 heterocycles. The summed E-state index contributed by atoms with van der Waals surface area (Å²) in [6, 6.07) is 5.30. The zero-order valence-electron chi connectivity index (χ0n) is 11.1. The number of hydrogen-bond donors (Lipinski definition) is 1. The van der Waals surface area contributed by atoms with Crippen LogP contribution in [0.25, 0.3) is 10.2 Å². The molecule has 0 radical (unpaired) electrons. The van der Waals surface area contributed by atoms with Gasteiger partial charge < -0.3 is 0 Å². The standard InChI is InChI=1S/C12H11N5OS3/c1-2-5-19-12-16-15-11(20-12)13-10(18)7-3-4-8-9(6-7)21-17-14-8/h3-4,6H,2,5H2,1H3,(H,13,15,18). The van der Waals surface area contributed by atoms with Gasteiger partial charge in [0.15, 0.2) is 4.34 Å². The van der Waals surface area contributed by atoms with Crippen LogP contribution in [0.15, 0.2) is 22.5 Å². The number of benzene rings is 1. The SMILES string of the molecule is CCCSc1nnc(NC(=O)c2ccc3nnsc3c2)s1. The molecule has 0 aliphatic carbocycles. The van der Waals surface area contributed by atoms with E-state index in [1.165, 1.54) is 22.9 Å². The molecule has 1 aromatic carbocycles. The molecule has 9 heteroatoms. The number of amides is 1. The summed E-state index contributed by atoms with van der Waals surface area (Å²) in [5.74, 6) is 0.797. The van der Waals surface area contributed by atoms with Gasteiger partial charge in [-0.05, 0) is 36.2 Å². The second-order valence-corrected chi connectivity index (χ2v) is 7.24. The summed E-state index contributed by atoms with van der Waals surface area (Å²) in [5, 5.41) is 15.3. The first kappa shape index (κ1) is 14.4. The Morgan fingerprint density at radius 3 is 3.10 bits per heavy atom. The Kier molecular flexibility index (Phi) is 4.42. The third-order valence-corrected chi connectivity index (χ3v) is 5.43. The molecule has 0 fully saturated rings. The number of rotatable bonds is 5. The predicted octanol–water partition coefficient (Wildman–Crippen LogP) is 3.30. The molecule has 1 N–H and O–H groups in total. The summed E-state index contributed by atoms with van der Waals surface area (Å²) in [6.07, 6.45) is 1.08. The fourth-order valence-electron chi connectivity index (χ4n) is 1.60. The van der Waals surface area contributed by atoms with Crippen LogP contribution in [-0.2, 0) is 0 Å². The lowest BCUT2D eigenvalue weighted by molar-refractivity contribution is 0.102. The molecule has 108 valence electrons. The summed E-state index contributed by atoms with van der Waals surface area (Å²) in [6.45, 7) is 2.11. The number of nitrogens with one attached hydrogen (secondary N) is 1. The highest BCUT2D eigenvalue weighted by molar-refractivity contribution is 8.01. The Morgan fingerprint density at radius 1 is 1.33 bits per heavy atom. The molecule has 0 aliphatic rings. The van der Waals surface area contributed by atoms with Crippen LogP contribution in [0.4, 0.5) is 5.13 Å². The van der Waals surface area contributed by atoms with Crippen LogP contribution in [0.3, 0.4) is 0 Å². The lowest BCUT2D eigenvalue weighted by Gasteiger charge is -2.00. The topological polar surface area (TPSA) is 80.7 Å². The number of nitrogens with zero attached hydrogens (tertiary/aromatic N) is 4. The number of hydrogen-bond acceptors (Lipinski definition) is 8. The van der Waals surface area contributed by atoms with E-state index in [9.17, 15) is 4.79 Å². The van der Waals surface area contributed by atoms with Crippen LogP contribution < -0.4 is 5.32 Å². The van der Waals surface area contributed by atoms with Gasteiger partial charge in [0.2, 0.25) is 5.13 Å². The van der Waals surface area contributed by atoms with E-state index >= 15 is 0 Å². The van der Waals surface area contributed by atoms with Crippen molar-refractivity contribution < 1.29 is 4.79 Å². The summed E-state index contributed by atoms with van der Waals surface area (Å²) < 4.78 is 5.61. The minimum Gasteiger partial charge on any atom is -0.296 e. The molecule has 0 unspecified atom stereocenters. The fourth-order valence-corrected chi connectivity index (χ4v) is 3.87. The van der Waals surface area contributed by atoms with Gasteiger partial charge in [0, 0.05) is 11.3 Å². The van der Waals surface area contributed by atoms with Gasteiger partial charge in [0.25, 0.3) is 5.91 Å². The number of carbonyl (C=O) groups is 1. The van der Waals surface area contributed by atoms with Crippen molar-refractivity contribution in [2.45, 2.75) is 17.7 Å². The second-order valence-electron chi connectivity index (χ2n) is 4.13. The minimum absolute atomic E-state index is 0.200. The smallest absolute Gasteiger partial charge is 0.257 e. The van der Waals surface area contributed by atoms with Gasteiger partial charge in [0.1, 0.15) is 5.52 Å². The van der Waals surface area contributed by atoms with Crippen LogP contribution in [0.2, 0.25) is 0 Å². The highest BCUT2D eigenvalue weighted by Crippen LogP contribution is 2.26. The molecule has 0 bridgehead atoms. The molecule has 0 aliphatic heterocycles. The van der Waals surface area contributed by atoms with Crippen molar-refractivity contribution in [3.63, 3.8) is 0 Å². The molecule has 3 aromatic rings. The molecule has 21 heavy (non-hydrogen) atoms. The van der Waals surface area contributed by atoms with Crippen molar-refractivity contribution in [2.75, 3.05) is 11.1 Å². The molecule has 0 atom stereocenters. The summed E-state index contributed by atoms with van der Waals surface area (Å²) >= 11 is 4.30. The van der Waals surface area contributed by atoms with Crippen LogP contribution in [0.5, 0.6) is 0 Å². The van der Waals surface area contributed by atoms with E-state index in [-0.39, 0.29) is 5.91 Å².